The number of methoxy groups -OCH3 is 1. The summed E-state index contributed by atoms with van der Waals surface area (Å²) in [7, 11) is 1.54. The second-order valence-corrected chi connectivity index (χ2v) is 5.76. The van der Waals surface area contributed by atoms with Crippen molar-refractivity contribution in [3.63, 3.8) is 0 Å². The van der Waals surface area contributed by atoms with Crippen LogP contribution in [0, 0.1) is 0 Å². The van der Waals surface area contributed by atoms with Crippen molar-refractivity contribution in [2.75, 3.05) is 7.11 Å². The summed E-state index contributed by atoms with van der Waals surface area (Å²) in [4.78, 5) is 26.8. The number of Topliss-reactive ketones (excluding diaryl/α,β-unsaturated/α-hetero) is 1. The number of carboxylic acid groups (broad SMARTS) is 1. The first-order valence-electron chi connectivity index (χ1n) is 7.85. The summed E-state index contributed by atoms with van der Waals surface area (Å²) < 4.78 is 6.94. The molecular formula is C19H18N2O4. The molecule has 0 saturated carbocycles. The molecule has 1 aromatic heterocycles. The number of benzene rings is 2. The van der Waals surface area contributed by atoms with Crippen LogP contribution in [0.1, 0.15) is 17.0 Å². The van der Waals surface area contributed by atoms with E-state index in [0.29, 0.717) is 11.3 Å². The molecule has 0 fully saturated rings. The molecule has 0 unspecified atom stereocenters. The van der Waals surface area contributed by atoms with Crippen LogP contribution >= 0.6 is 0 Å². The Balaban J connectivity index is 1.98. The number of fused-ring (bicyclic) bond motifs is 1. The highest BCUT2D eigenvalue weighted by Gasteiger charge is 2.18. The minimum Gasteiger partial charge on any atom is -0.475 e. The Bertz CT molecular complexity index is 916. The van der Waals surface area contributed by atoms with E-state index in [4.69, 9.17) is 9.84 Å². The standard InChI is InChI=1S/C19H18N2O4/c1-25-12-21-16-10-14(9-13-5-3-2-4-6-13)7-8-15(16)20-18(21)11-17(22)19(23)24/h2-8,10H,9,11-12H2,1H3,(H,23,24). The van der Waals surface area contributed by atoms with Crippen LogP contribution in [0.25, 0.3) is 11.0 Å². The number of ether oxygens (including phenoxy) is 1. The van der Waals surface area contributed by atoms with Gasteiger partial charge in [-0.15, -0.1) is 0 Å². The normalized spacial score (nSPS) is 10.9. The zero-order chi connectivity index (χ0) is 17.8. The third-order valence-corrected chi connectivity index (χ3v) is 3.96. The molecule has 128 valence electrons. The first kappa shape index (κ1) is 16.9. The van der Waals surface area contributed by atoms with Crippen LogP contribution in [-0.4, -0.2) is 33.5 Å². The molecule has 1 N–H and O–H groups in total. The number of carbonyl (C=O) groups is 2. The molecule has 6 nitrogen and oxygen atoms in total. The Morgan fingerprint density at radius 1 is 1.12 bits per heavy atom. The van der Waals surface area contributed by atoms with E-state index in [1.54, 1.807) is 11.7 Å². The third-order valence-electron chi connectivity index (χ3n) is 3.96. The zero-order valence-corrected chi connectivity index (χ0v) is 13.8. The molecule has 3 rings (SSSR count). The number of imidazole rings is 1. The Labute approximate surface area is 144 Å². The van der Waals surface area contributed by atoms with Crippen molar-refractivity contribution in [3.05, 3.63) is 65.5 Å². The summed E-state index contributed by atoms with van der Waals surface area (Å²) in [5.41, 5.74) is 3.83. The number of aromatic nitrogens is 2. The number of carboxylic acids is 1. The highest BCUT2D eigenvalue weighted by atomic mass is 16.5. The lowest BCUT2D eigenvalue weighted by Gasteiger charge is -2.08. The summed E-state index contributed by atoms with van der Waals surface area (Å²) in [6, 6.07) is 16.0. The van der Waals surface area contributed by atoms with Gasteiger partial charge in [0, 0.05) is 7.11 Å². The Kier molecular flexibility index (Phi) is 4.90. The first-order chi connectivity index (χ1) is 12.1. The molecule has 0 atom stereocenters. The van der Waals surface area contributed by atoms with Crippen molar-refractivity contribution >= 4 is 22.8 Å². The zero-order valence-electron chi connectivity index (χ0n) is 13.8. The van der Waals surface area contributed by atoms with Gasteiger partial charge in [-0.1, -0.05) is 36.4 Å². The predicted octanol–water partition coefficient (Wildman–Crippen LogP) is 2.43. The van der Waals surface area contributed by atoms with Crippen LogP contribution in [0.4, 0.5) is 0 Å². The number of rotatable bonds is 7. The molecule has 0 aliphatic carbocycles. The van der Waals surface area contributed by atoms with E-state index < -0.39 is 11.8 Å². The van der Waals surface area contributed by atoms with Crippen molar-refractivity contribution in [3.8, 4) is 0 Å². The second-order valence-electron chi connectivity index (χ2n) is 5.76. The highest BCUT2D eigenvalue weighted by molar-refractivity contribution is 6.33. The molecule has 0 radical (unpaired) electrons. The van der Waals surface area contributed by atoms with E-state index >= 15 is 0 Å². The van der Waals surface area contributed by atoms with Crippen molar-refractivity contribution < 1.29 is 19.4 Å². The van der Waals surface area contributed by atoms with E-state index in [-0.39, 0.29) is 13.2 Å². The van der Waals surface area contributed by atoms with Crippen LogP contribution < -0.4 is 0 Å². The minimum atomic E-state index is -1.46. The molecule has 0 amide bonds. The predicted molar refractivity (Wildman–Crippen MR) is 92.3 cm³/mol. The van der Waals surface area contributed by atoms with Gasteiger partial charge in [0.25, 0.3) is 0 Å². The summed E-state index contributed by atoms with van der Waals surface area (Å²) in [5.74, 6) is -1.96. The van der Waals surface area contributed by atoms with Gasteiger partial charge in [-0.25, -0.2) is 9.78 Å². The molecule has 0 saturated heterocycles. The topological polar surface area (TPSA) is 81.4 Å². The van der Waals surface area contributed by atoms with Gasteiger partial charge in [0.1, 0.15) is 12.6 Å². The maximum atomic E-state index is 11.6. The number of carbonyl (C=O) groups excluding carboxylic acids is 1. The minimum absolute atomic E-state index is 0.202. The van der Waals surface area contributed by atoms with Crippen molar-refractivity contribution in [1.29, 1.82) is 0 Å². The van der Waals surface area contributed by atoms with Gasteiger partial charge in [0.15, 0.2) is 0 Å². The molecule has 25 heavy (non-hydrogen) atoms. The lowest BCUT2D eigenvalue weighted by molar-refractivity contribution is -0.148. The maximum absolute atomic E-state index is 11.6. The van der Waals surface area contributed by atoms with Gasteiger partial charge in [-0.05, 0) is 29.7 Å². The van der Waals surface area contributed by atoms with Gasteiger partial charge in [0.2, 0.25) is 5.78 Å². The highest BCUT2D eigenvalue weighted by Crippen LogP contribution is 2.21. The monoisotopic (exact) mass is 338 g/mol. The van der Waals surface area contributed by atoms with Gasteiger partial charge in [-0.2, -0.15) is 0 Å². The fourth-order valence-electron chi connectivity index (χ4n) is 2.79. The molecule has 3 aromatic rings. The van der Waals surface area contributed by atoms with Crippen LogP contribution in [0.15, 0.2) is 48.5 Å². The molecule has 0 bridgehead atoms. The Morgan fingerprint density at radius 2 is 1.88 bits per heavy atom. The van der Waals surface area contributed by atoms with Crippen LogP contribution in [0.2, 0.25) is 0 Å². The molecular weight excluding hydrogens is 320 g/mol. The van der Waals surface area contributed by atoms with Gasteiger partial charge in [0.05, 0.1) is 17.5 Å². The van der Waals surface area contributed by atoms with Crippen molar-refractivity contribution in [1.82, 2.24) is 9.55 Å². The van der Waals surface area contributed by atoms with E-state index in [9.17, 15) is 9.59 Å². The average molecular weight is 338 g/mol. The van der Waals surface area contributed by atoms with E-state index in [2.05, 4.69) is 17.1 Å². The summed E-state index contributed by atoms with van der Waals surface area (Å²) in [5, 5.41) is 8.83. The molecule has 0 aliphatic rings. The van der Waals surface area contributed by atoms with Crippen LogP contribution in [0.3, 0.4) is 0 Å². The van der Waals surface area contributed by atoms with Gasteiger partial charge >= 0.3 is 5.97 Å². The third kappa shape index (κ3) is 3.75. The first-order valence-corrected chi connectivity index (χ1v) is 7.85. The number of aliphatic carboxylic acids is 1. The average Bonchev–Trinajstić information content (AvgIpc) is 2.93. The van der Waals surface area contributed by atoms with Crippen LogP contribution in [0.5, 0.6) is 0 Å². The Morgan fingerprint density at radius 3 is 2.56 bits per heavy atom. The molecule has 6 heteroatoms. The lowest BCUT2D eigenvalue weighted by Crippen LogP contribution is -2.18. The fraction of sp³-hybridized carbons (Fsp3) is 0.211. The largest absolute Gasteiger partial charge is 0.475 e. The number of hydrogen-bond donors (Lipinski definition) is 1. The lowest BCUT2D eigenvalue weighted by atomic mass is 10.0. The van der Waals surface area contributed by atoms with Crippen molar-refractivity contribution in [2.45, 2.75) is 19.6 Å². The summed E-state index contributed by atoms with van der Waals surface area (Å²) in [6.45, 7) is 0.202. The number of hydrogen-bond acceptors (Lipinski definition) is 4. The van der Waals surface area contributed by atoms with Gasteiger partial charge < -0.3 is 14.4 Å². The van der Waals surface area contributed by atoms with Crippen molar-refractivity contribution in [2.24, 2.45) is 0 Å². The Hall–Kier alpha value is -2.99. The quantitative estimate of drug-likeness (QED) is 0.669. The number of ketones is 1. The molecule has 1 heterocycles. The van der Waals surface area contributed by atoms with E-state index in [1.807, 2.05) is 36.4 Å². The van der Waals surface area contributed by atoms with Gasteiger partial charge in [-0.3, -0.25) is 4.79 Å². The summed E-state index contributed by atoms with van der Waals surface area (Å²) >= 11 is 0. The van der Waals surface area contributed by atoms with E-state index in [1.165, 1.54) is 5.56 Å². The fourth-order valence-corrected chi connectivity index (χ4v) is 2.79. The number of nitrogens with zero attached hydrogens (tertiary/aromatic N) is 2. The maximum Gasteiger partial charge on any atom is 0.372 e. The van der Waals surface area contributed by atoms with Crippen LogP contribution in [-0.2, 0) is 33.9 Å². The summed E-state index contributed by atoms with van der Waals surface area (Å²) in [6.07, 6.45) is 0.514. The molecule has 0 aliphatic heterocycles. The van der Waals surface area contributed by atoms with E-state index in [0.717, 1.165) is 17.5 Å². The SMILES string of the molecule is COCn1c(CC(=O)C(=O)O)nc2ccc(Cc3ccccc3)cc21. The molecule has 0 spiro atoms. The smallest absolute Gasteiger partial charge is 0.372 e. The molecule has 2 aromatic carbocycles. The second kappa shape index (κ2) is 7.27.